The first-order chi connectivity index (χ1) is 18.0. The normalized spacial score (nSPS) is 20.0. The number of benzene rings is 2. The molecule has 1 heterocycles. The number of carbonyl (C=O) groups is 1. The minimum absolute atomic E-state index is 0.122. The molecule has 1 fully saturated rings. The van der Waals surface area contributed by atoms with Crippen LogP contribution in [0.1, 0.15) is 73.4 Å². The number of carboxylic acids is 1. The molecule has 2 aromatic rings. The highest BCUT2D eigenvalue weighted by molar-refractivity contribution is 5.67. The van der Waals surface area contributed by atoms with Gasteiger partial charge in [0.05, 0.1) is 5.56 Å². The summed E-state index contributed by atoms with van der Waals surface area (Å²) in [5, 5.41) is 9.31. The van der Waals surface area contributed by atoms with Gasteiger partial charge >= 0.3 is 24.2 Å². The zero-order valence-corrected chi connectivity index (χ0v) is 21.1. The Balaban J connectivity index is 2.01. The Morgan fingerprint density at radius 1 is 0.974 bits per heavy atom. The summed E-state index contributed by atoms with van der Waals surface area (Å²) in [6, 6.07) is 7.48. The summed E-state index contributed by atoms with van der Waals surface area (Å²) in [7, 11) is 0. The van der Waals surface area contributed by atoms with E-state index in [0.717, 1.165) is 29.8 Å². The topological polar surface area (TPSA) is 40.5 Å². The second-order valence-corrected chi connectivity index (χ2v) is 10.1. The highest BCUT2D eigenvalue weighted by atomic mass is 19.4. The van der Waals surface area contributed by atoms with Crippen molar-refractivity contribution in [3.05, 3.63) is 82.9 Å². The zero-order valence-electron chi connectivity index (χ0n) is 21.1. The predicted molar refractivity (Wildman–Crippen MR) is 129 cm³/mol. The molecule has 39 heavy (non-hydrogen) atoms. The van der Waals surface area contributed by atoms with Crippen molar-refractivity contribution in [2.75, 3.05) is 6.54 Å². The van der Waals surface area contributed by atoms with Crippen LogP contribution in [-0.2, 0) is 16.9 Å². The summed E-state index contributed by atoms with van der Waals surface area (Å²) in [6.45, 7) is 6.02. The van der Waals surface area contributed by atoms with Crippen LogP contribution in [0.2, 0.25) is 0 Å². The minimum Gasteiger partial charge on any atom is -0.481 e. The van der Waals surface area contributed by atoms with Crippen molar-refractivity contribution in [3.8, 4) is 0 Å². The molecule has 0 amide bonds. The summed E-state index contributed by atoms with van der Waals surface area (Å²) in [5.74, 6) is -6.28. The van der Waals surface area contributed by atoms with Gasteiger partial charge in [-0.2, -0.15) is 35.1 Å². The third-order valence-electron chi connectivity index (χ3n) is 7.10. The van der Waals surface area contributed by atoms with Crippen LogP contribution in [-0.4, -0.2) is 28.7 Å². The molecule has 1 aliphatic rings. The third-order valence-corrected chi connectivity index (χ3v) is 7.10. The van der Waals surface area contributed by atoms with E-state index in [1.165, 1.54) is 24.3 Å². The maximum Gasteiger partial charge on any atom is 0.458 e. The van der Waals surface area contributed by atoms with Crippen molar-refractivity contribution >= 4 is 5.97 Å². The van der Waals surface area contributed by atoms with E-state index in [0.29, 0.717) is 43.4 Å². The quantitative estimate of drug-likeness (QED) is 0.245. The molecule has 1 N–H and O–H groups in total. The van der Waals surface area contributed by atoms with E-state index in [-0.39, 0.29) is 12.3 Å². The van der Waals surface area contributed by atoms with E-state index >= 15 is 0 Å². The molecule has 3 atom stereocenters. The van der Waals surface area contributed by atoms with Gasteiger partial charge in [-0.1, -0.05) is 42.0 Å². The number of alkyl halides is 8. The molecule has 1 saturated heterocycles. The van der Waals surface area contributed by atoms with E-state index in [1.54, 1.807) is 6.92 Å². The molecule has 1 aliphatic heterocycles. The monoisotopic (exact) mass is 563 g/mol. The molecule has 0 bridgehead atoms. The van der Waals surface area contributed by atoms with Gasteiger partial charge < -0.3 is 5.11 Å². The van der Waals surface area contributed by atoms with E-state index < -0.39 is 47.5 Å². The van der Waals surface area contributed by atoms with Gasteiger partial charge in [0.25, 0.3) is 0 Å². The first-order valence-electron chi connectivity index (χ1n) is 12.3. The summed E-state index contributed by atoms with van der Waals surface area (Å²) in [6.07, 6.45) is -8.70. The van der Waals surface area contributed by atoms with Crippen LogP contribution in [0.5, 0.6) is 0 Å². The number of rotatable bonds is 9. The van der Waals surface area contributed by atoms with Crippen LogP contribution in [0.3, 0.4) is 0 Å². The third kappa shape index (κ3) is 7.38. The number of hydrogen-bond donors (Lipinski definition) is 1. The van der Waals surface area contributed by atoms with Gasteiger partial charge in [0, 0.05) is 24.1 Å². The van der Waals surface area contributed by atoms with Gasteiger partial charge in [0.2, 0.25) is 0 Å². The maximum absolute atomic E-state index is 13.9. The highest BCUT2D eigenvalue weighted by Gasteiger charge is 2.58. The highest BCUT2D eigenvalue weighted by Crippen LogP contribution is 2.46. The molecule has 0 spiro atoms. The summed E-state index contributed by atoms with van der Waals surface area (Å²) < 4.78 is 106. The van der Waals surface area contributed by atoms with E-state index in [4.69, 9.17) is 0 Å². The fourth-order valence-corrected chi connectivity index (χ4v) is 5.07. The van der Waals surface area contributed by atoms with E-state index in [9.17, 15) is 45.0 Å². The number of halogens is 8. The Hall–Kier alpha value is -2.95. The Bertz CT molecular complexity index is 1140. The van der Waals surface area contributed by atoms with E-state index in [1.807, 2.05) is 4.90 Å². The number of likely N-dealkylation sites (tertiary alicyclic amines) is 1. The minimum atomic E-state index is -5.76. The molecule has 3 nitrogen and oxygen atoms in total. The average Bonchev–Trinajstić information content (AvgIpc) is 2.83. The molecular formula is C28H29F8NO2. The smallest absolute Gasteiger partial charge is 0.458 e. The second-order valence-electron chi connectivity index (χ2n) is 10.1. The fraction of sp³-hybridized carbons (Fsp3) is 0.464. The van der Waals surface area contributed by atoms with Crippen molar-refractivity contribution in [3.63, 3.8) is 0 Å². The van der Waals surface area contributed by atoms with Crippen molar-refractivity contribution < 1.29 is 45.0 Å². The maximum atomic E-state index is 13.9. The molecule has 0 aromatic heterocycles. The number of nitrogens with zero attached hydrogens (tertiary/aromatic N) is 1. The van der Waals surface area contributed by atoms with Crippen LogP contribution in [0.15, 0.2) is 60.7 Å². The summed E-state index contributed by atoms with van der Waals surface area (Å²) in [4.78, 5) is 13.3. The van der Waals surface area contributed by atoms with Crippen LogP contribution in [0.25, 0.3) is 0 Å². The molecule has 3 unspecified atom stereocenters. The van der Waals surface area contributed by atoms with Gasteiger partial charge in [-0.25, -0.2) is 0 Å². The Morgan fingerprint density at radius 2 is 1.54 bits per heavy atom. The number of carboxylic acid groups (broad SMARTS) is 1. The molecule has 0 aliphatic carbocycles. The lowest BCUT2D eigenvalue weighted by Crippen LogP contribution is -2.40. The lowest BCUT2D eigenvalue weighted by Gasteiger charge is -2.44. The van der Waals surface area contributed by atoms with Crippen LogP contribution >= 0.6 is 0 Å². The predicted octanol–water partition coefficient (Wildman–Crippen LogP) is 8.68. The number of piperidine rings is 1. The van der Waals surface area contributed by atoms with Crippen molar-refractivity contribution in [1.82, 2.24) is 4.90 Å². The molecule has 11 heteroatoms. The van der Waals surface area contributed by atoms with Gasteiger partial charge in [-0.3, -0.25) is 9.69 Å². The number of aliphatic carboxylic acids is 1. The number of hydrogen-bond acceptors (Lipinski definition) is 2. The van der Waals surface area contributed by atoms with Crippen molar-refractivity contribution in [1.29, 1.82) is 0 Å². The molecule has 3 rings (SSSR count). The first kappa shape index (κ1) is 30.6. The summed E-state index contributed by atoms with van der Waals surface area (Å²) in [5.41, 5.74) is -0.232. The Labute approximate surface area is 221 Å². The van der Waals surface area contributed by atoms with Gasteiger partial charge in [-0.15, -0.1) is 6.58 Å². The fourth-order valence-electron chi connectivity index (χ4n) is 5.07. The first-order valence-corrected chi connectivity index (χ1v) is 12.3. The van der Waals surface area contributed by atoms with Gasteiger partial charge in [0.15, 0.2) is 0 Å². The molecule has 0 saturated carbocycles. The Kier molecular flexibility index (Phi) is 9.14. The van der Waals surface area contributed by atoms with Crippen LogP contribution < -0.4 is 0 Å². The number of allylic oxidation sites excluding steroid dienone is 1. The SMILES string of the molecule is C=C(C)CCC(c1ccc(C(F)(F)C(F)(F)F)cc1)N1CCC(CC(=O)O)CC1c1ccc(C(F)(F)F)cc1. The second kappa shape index (κ2) is 11.7. The van der Waals surface area contributed by atoms with Crippen molar-refractivity contribution in [2.45, 2.75) is 69.4 Å². The van der Waals surface area contributed by atoms with Crippen LogP contribution in [0, 0.1) is 5.92 Å². The van der Waals surface area contributed by atoms with E-state index in [2.05, 4.69) is 6.58 Å². The molecule has 214 valence electrons. The molecular weight excluding hydrogens is 534 g/mol. The zero-order chi connectivity index (χ0) is 29.2. The summed E-state index contributed by atoms with van der Waals surface area (Å²) >= 11 is 0. The lowest BCUT2D eigenvalue weighted by atomic mass is 9.82. The standard InChI is InChI=1S/C28H29F8NO2/c1-17(2)3-12-23(19-4-8-21(9-5-19)26(29,30)28(34,35)36)37-14-13-18(16-25(38)39)15-24(37)20-6-10-22(11-7-20)27(31,32)33/h4-11,18,23-24H,1,3,12-16H2,2H3,(H,38,39). The van der Waals surface area contributed by atoms with Crippen LogP contribution in [0.4, 0.5) is 35.1 Å². The Morgan fingerprint density at radius 3 is 2.03 bits per heavy atom. The largest absolute Gasteiger partial charge is 0.481 e. The van der Waals surface area contributed by atoms with Gasteiger partial charge in [-0.05, 0) is 68.3 Å². The average molecular weight is 564 g/mol. The van der Waals surface area contributed by atoms with Crippen molar-refractivity contribution in [2.24, 2.45) is 5.92 Å². The van der Waals surface area contributed by atoms with Gasteiger partial charge in [0.1, 0.15) is 0 Å². The lowest BCUT2D eigenvalue weighted by molar-refractivity contribution is -0.289. The molecule has 0 radical (unpaired) electrons. The molecule has 2 aromatic carbocycles.